The molecule has 4 heterocycles. The monoisotopic (exact) mass is 751 g/mol. The predicted octanol–water partition coefficient (Wildman–Crippen LogP) is 4.89. The SMILES string of the molecule is COc1cc2nc(-c3ccc(NC(=O)[C@@H]4CCCN4C(=O)[C@@H]4CCCN4C(=O)c4ccc(-c5nc6cc(C(=N)N)c(C)cc6[nH]5)cc4)cc3)[nH]c2cc1C(=N)N. The number of hydrogen-bond donors (Lipinski definition) is 7. The van der Waals surface area contributed by atoms with Gasteiger partial charge in [-0.25, -0.2) is 9.97 Å². The van der Waals surface area contributed by atoms with Gasteiger partial charge >= 0.3 is 0 Å². The molecule has 2 atom stereocenters. The zero-order valence-electron chi connectivity index (χ0n) is 30.9. The Balaban J connectivity index is 0.923. The smallest absolute Gasteiger partial charge is 0.254 e. The van der Waals surface area contributed by atoms with E-state index in [0.29, 0.717) is 95.1 Å². The third-order valence-electron chi connectivity index (χ3n) is 10.7. The summed E-state index contributed by atoms with van der Waals surface area (Å²) in [6.45, 7) is 2.78. The van der Waals surface area contributed by atoms with Crippen molar-refractivity contribution in [2.45, 2.75) is 44.7 Å². The molecule has 56 heavy (non-hydrogen) atoms. The fourth-order valence-electron chi connectivity index (χ4n) is 7.78. The maximum Gasteiger partial charge on any atom is 0.254 e. The Kier molecular flexibility index (Phi) is 9.20. The molecule has 0 spiro atoms. The molecule has 0 saturated carbocycles. The maximum atomic E-state index is 14.0. The van der Waals surface area contributed by atoms with Crippen LogP contribution in [0.25, 0.3) is 44.8 Å². The zero-order valence-corrected chi connectivity index (χ0v) is 30.9. The van der Waals surface area contributed by atoms with Crippen LogP contribution in [-0.4, -0.2) is 91.4 Å². The minimum absolute atomic E-state index is 0.0170. The summed E-state index contributed by atoms with van der Waals surface area (Å²) in [5.74, 6) is 0.839. The number of nitrogens with zero attached hydrogens (tertiary/aromatic N) is 4. The van der Waals surface area contributed by atoms with Gasteiger partial charge in [-0.3, -0.25) is 25.2 Å². The van der Waals surface area contributed by atoms with Gasteiger partial charge in [0, 0.05) is 47.1 Å². The molecule has 0 radical (unpaired) electrons. The number of imidazole rings is 2. The number of amidine groups is 2. The van der Waals surface area contributed by atoms with Gasteiger partial charge < -0.3 is 41.3 Å². The zero-order chi connectivity index (χ0) is 39.2. The lowest BCUT2D eigenvalue weighted by molar-refractivity contribution is -0.139. The lowest BCUT2D eigenvalue weighted by Crippen LogP contribution is -2.51. The van der Waals surface area contributed by atoms with Crippen molar-refractivity contribution >= 4 is 57.1 Å². The van der Waals surface area contributed by atoms with Gasteiger partial charge in [-0.1, -0.05) is 12.1 Å². The van der Waals surface area contributed by atoms with Crippen molar-refractivity contribution in [3.05, 3.63) is 95.1 Å². The molecule has 0 aliphatic carbocycles. The number of hydrogen-bond acceptors (Lipinski definition) is 8. The Bertz CT molecular complexity index is 2560. The van der Waals surface area contributed by atoms with Gasteiger partial charge in [-0.05, 0) is 92.8 Å². The molecular formula is C41H41N11O4. The van der Waals surface area contributed by atoms with E-state index < -0.39 is 12.1 Å². The first-order chi connectivity index (χ1) is 27.0. The Morgan fingerprint density at radius 2 is 1.34 bits per heavy atom. The molecule has 8 rings (SSSR count). The molecule has 2 aliphatic heterocycles. The average molecular weight is 752 g/mol. The number of amides is 3. The number of anilines is 1. The number of carbonyl (C=O) groups excluding carboxylic acids is 3. The molecule has 0 unspecified atom stereocenters. The molecule has 4 aromatic carbocycles. The summed E-state index contributed by atoms with van der Waals surface area (Å²) in [6.07, 6.45) is 2.43. The van der Waals surface area contributed by atoms with E-state index in [9.17, 15) is 14.4 Å². The van der Waals surface area contributed by atoms with Gasteiger partial charge in [0.15, 0.2) is 0 Å². The van der Waals surface area contributed by atoms with E-state index in [2.05, 4.69) is 25.3 Å². The Morgan fingerprint density at radius 3 is 1.96 bits per heavy atom. The first-order valence-corrected chi connectivity index (χ1v) is 18.4. The third-order valence-corrected chi connectivity index (χ3v) is 10.7. The van der Waals surface area contributed by atoms with Crippen LogP contribution in [0.1, 0.15) is 52.7 Å². The van der Waals surface area contributed by atoms with E-state index in [1.54, 1.807) is 52.3 Å². The van der Waals surface area contributed by atoms with Gasteiger partial charge in [-0.2, -0.15) is 0 Å². The molecule has 0 bridgehead atoms. The van der Waals surface area contributed by atoms with Gasteiger partial charge in [0.05, 0.1) is 34.7 Å². The number of nitrogens with one attached hydrogen (secondary N) is 5. The minimum Gasteiger partial charge on any atom is -0.496 e. The summed E-state index contributed by atoms with van der Waals surface area (Å²) in [4.78, 5) is 60.6. The van der Waals surface area contributed by atoms with Crippen molar-refractivity contribution in [1.82, 2.24) is 29.7 Å². The fourth-order valence-corrected chi connectivity index (χ4v) is 7.78. The third kappa shape index (κ3) is 6.56. The molecule has 2 saturated heterocycles. The first kappa shape index (κ1) is 36.0. The second-order valence-electron chi connectivity index (χ2n) is 14.2. The second-order valence-corrected chi connectivity index (χ2v) is 14.2. The topological polar surface area (TPSA) is 236 Å². The Labute approximate surface area is 321 Å². The number of aromatic amines is 2. The van der Waals surface area contributed by atoms with Crippen LogP contribution in [0.2, 0.25) is 0 Å². The number of ether oxygens (including phenoxy) is 1. The maximum absolute atomic E-state index is 14.0. The van der Waals surface area contributed by atoms with Crippen LogP contribution < -0.4 is 21.5 Å². The van der Waals surface area contributed by atoms with Crippen LogP contribution in [0, 0.1) is 17.7 Å². The van der Waals surface area contributed by atoms with E-state index in [-0.39, 0.29) is 29.4 Å². The van der Waals surface area contributed by atoms with E-state index >= 15 is 0 Å². The number of nitrogens with two attached hydrogens (primary N) is 2. The highest BCUT2D eigenvalue weighted by atomic mass is 16.5. The summed E-state index contributed by atoms with van der Waals surface area (Å²) >= 11 is 0. The molecule has 6 aromatic rings. The minimum atomic E-state index is -0.654. The highest BCUT2D eigenvalue weighted by Crippen LogP contribution is 2.30. The quantitative estimate of drug-likeness (QED) is 0.0791. The van der Waals surface area contributed by atoms with Crippen LogP contribution in [-0.2, 0) is 9.59 Å². The van der Waals surface area contributed by atoms with Gasteiger partial charge in [0.1, 0.15) is 41.2 Å². The standard InChI is InChI=1S/C41H41N11O4/c1-21-17-28-29(18-26(21)35(42)43)48-37(47-28)22-7-9-24(10-8-22)40(54)52-16-4-6-33(52)41(55)51-15-3-5-32(51)39(53)46-25-13-11-23(12-14-25)38-49-30-19-27(36(44)45)34(56-2)20-31(30)50-38/h7-14,17-20,32-33H,3-6,15-16H2,1-2H3,(H3,42,43)(H3,44,45)(H,46,53)(H,47,48)(H,49,50)/t32-,33-/m0/s1. The number of methoxy groups -OCH3 is 1. The van der Waals surface area contributed by atoms with E-state index in [0.717, 1.165) is 22.2 Å². The molecule has 2 aliphatic rings. The van der Waals surface area contributed by atoms with Crippen molar-refractivity contribution in [2.75, 3.05) is 25.5 Å². The number of benzene rings is 4. The van der Waals surface area contributed by atoms with Crippen LogP contribution in [0.15, 0.2) is 72.8 Å². The molecule has 2 aromatic heterocycles. The number of aromatic nitrogens is 4. The highest BCUT2D eigenvalue weighted by molar-refractivity contribution is 6.03. The number of H-pyrrole nitrogens is 2. The van der Waals surface area contributed by atoms with Gasteiger partial charge in [0.25, 0.3) is 5.91 Å². The molecule has 15 heteroatoms. The van der Waals surface area contributed by atoms with Crippen LogP contribution in [0.4, 0.5) is 5.69 Å². The van der Waals surface area contributed by atoms with Crippen molar-refractivity contribution < 1.29 is 19.1 Å². The van der Waals surface area contributed by atoms with Crippen molar-refractivity contribution in [2.24, 2.45) is 11.5 Å². The second kappa shape index (κ2) is 14.3. The number of aryl methyl sites for hydroxylation is 1. The van der Waals surface area contributed by atoms with Crippen molar-refractivity contribution in [3.8, 4) is 28.5 Å². The molecule has 3 amide bonds. The molecule has 2 fully saturated rings. The summed E-state index contributed by atoms with van der Waals surface area (Å²) in [5.41, 5.74) is 18.9. The van der Waals surface area contributed by atoms with Crippen LogP contribution in [0.3, 0.4) is 0 Å². The summed E-state index contributed by atoms with van der Waals surface area (Å²) in [6, 6.07) is 20.2. The fraction of sp³-hybridized carbons (Fsp3) is 0.244. The summed E-state index contributed by atoms with van der Waals surface area (Å²) in [7, 11) is 1.51. The molecular weight excluding hydrogens is 711 g/mol. The molecule has 9 N–H and O–H groups in total. The highest BCUT2D eigenvalue weighted by Gasteiger charge is 2.42. The van der Waals surface area contributed by atoms with E-state index in [1.165, 1.54) is 7.11 Å². The Hall–Kier alpha value is -7.03. The number of rotatable bonds is 9. The number of carbonyl (C=O) groups is 3. The van der Waals surface area contributed by atoms with Gasteiger partial charge in [0.2, 0.25) is 11.8 Å². The van der Waals surface area contributed by atoms with Crippen molar-refractivity contribution in [1.29, 1.82) is 10.8 Å². The number of likely N-dealkylation sites (tertiary alicyclic amines) is 2. The summed E-state index contributed by atoms with van der Waals surface area (Å²) < 4.78 is 5.38. The Morgan fingerprint density at radius 1 is 0.768 bits per heavy atom. The first-order valence-electron chi connectivity index (χ1n) is 18.4. The normalized spacial score (nSPS) is 16.8. The van der Waals surface area contributed by atoms with Crippen LogP contribution in [0.5, 0.6) is 5.75 Å². The summed E-state index contributed by atoms with van der Waals surface area (Å²) in [5, 5.41) is 18.7. The lowest BCUT2D eigenvalue weighted by atomic mass is 10.1. The van der Waals surface area contributed by atoms with E-state index in [1.807, 2.05) is 37.3 Å². The van der Waals surface area contributed by atoms with Gasteiger partial charge in [-0.15, -0.1) is 0 Å². The molecule has 15 nitrogen and oxygen atoms in total. The van der Waals surface area contributed by atoms with E-state index in [4.69, 9.17) is 27.0 Å². The average Bonchev–Trinajstić information content (AvgIpc) is 4.02. The largest absolute Gasteiger partial charge is 0.496 e. The predicted molar refractivity (Wildman–Crippen MR) is 214 cm³/mol. The number of fused-ring (bicyclic) bond motifs is 2. The van der Waals surface area contributed by atoms with Crippen molar-refractivity contribution in [3.63, 3.8) is 0 Å². The van der Waals surface area contributed by atoms with Crippen LogP contribution >= 0.6 is 0 Å². The lowest BCUT2D eigenvalue weighted by Gasteiger charge is -2.31. The molecule has 284 valence electrons. The number of nitrogen functional groups attached to an aromatic ring is 2.